The van der Waals surface area contributed by atoms with Gasteiger partial charge in [-0.05, 0) is 6.42 Å². The second-order valence-corrected chi connectivity index (χ2v) is 5.12. The molecule has 0 aliphatic rings. The molecule has 0 aliphatic carbocycles. The molecule has 0 amide bonds. The number of hydrogen-bond acceptors (Lipinski definition) is 5. The maximum atomic E-state index is 9.72. The molecule has 0 aliphatic heterocycles. The first kappa shape index (κ1) is 17.1. The van der Waals surface area contributed by atoms with Crippen molar-refractivity contribution >= 4 is 0 Å². The van der Waals surface area contributed by atoms with Gasteiger partial charge in [-0.1, -0.05) is 44.2 Å². The Hall–Kier alpha value is -0.910. The molecule has 2 N–H and O–H groups in total. The van der Waals surface area contributed by atoms with Crippen LogP contribution in [0.1, 0.15) is 51.1 Å². The van der Waals surface area contributed by atoms with E-state index in [-0.39, 0.29) is 0 Å². The lowest BCUT2D eigenvalue weighted by atomic mass is 10.1. The molecular formula is C15H28N2O3. The van der Waals surface area contributed by atoms with Crippen LogP contribution in [0.4, 0.5) is 0 Å². The van der Waals surface area contributed by atoms with Crippen LogP contribution in [0.3, 0.4) is 0 Å². The molecule has 0 spiro atoms. The van der Waals surface area contributed by atoms with Gasteiger partial charge >= 0.3 is 0 Å². The standard InChI is InChI=1S/C15H28N2O3/c1-2-3-4-5-6-7-9-19-13-15(18)12-16-11-14-8-10-20-17-14/h8,10,15-16,18H,2-7,9,11-13H2,1H3. The molecule has 0 saturated carbocycles. The lowest BCUT2D eigenvalue weighted by Gasteiger charge is -2.11. The first-order valence-corrected chi connectivity index (χ1v) is 7.68. The molecule has 1 aromatic rings. The van der Waals surface area contributed by atoms with Crippen LogP contribution in [0.25, 0.3) is 0 Å². The number of unbranched alkanes of at least 4 members (excludes halogenated alkanes) is 5. The van der Waals surface area contributed by atoms with Crippen LogP contribution in [0.15, 0.2) is 16.9 Å². The van der Waals surface area contributed by atoms with E-state index < -0.39 is 6.10 Å². The van der Waals surface area contributed by atoms with Crippen LogP contribution in [0, 0.1) is 0 Å². The summed E-state index contributed by atoms with van der Waals surface area (Å²) in [6, 6.07) is 1.80. The van der Waals surface area contributed by atoms with Crippen molar-refractivity contribution in [1.82, 2.24) is 10.5 Å². The second kappa shape index (κ2) is 11.9. The van der Waals surface area contributed by atoms with Crippen LogP contribution >= 0.6 is 0 Å². The van der Waals surface area contributed by atoms with Crippen LogP contribution in [0.2, 0.25) is 0 Å². The Balaban J connectivity index is 1.84. The van der Waals surface area contributed by atoms with E-state index in [9.17, 15) is 5.11 Å². The molecule has 1 unspecified atom stereocenters. The molecule has 0 saturated heterocycles. The van der Waals surface area contributed by atoms with E-state index in [1.54, 1.807) is 6.07 Å². The number of nitrogens with zero attached hydrogens (tertiary/aromatic N) is 1. The zero-order valence-corrected chi connectivity index (χ0v) is 12.5. The third kappa shape index (κ3) is 9.07. The molecular weight excluding hydrogens is 256 g/mol. The Morgan fingerprint density at radius 2 is 2.10 bits per heavy atom. The first-order chi connectivity index (χ1) is 9.83. The second-order valence-electron chi connectivity index (χ2n) is 5.12. The highest BCUT2D eigenvalue weighted by Crippen LogP contribution is 2.04. The van der Waals surface area contributed by atoms with Gasteiger partial charge in [0.15, 0.2) is 0 Å². The molecule has 0 radical (unpaired) electrons. The fourth-order valence-corrected chi connectivity index (χ4v) is 1.96. The SMILES string of the molecule is CCCCCCCCOCC(O)CNCc1ccon1. The van der Waals surface area contributed by atoms with E-state index in [0.29, 0.717) is 19.7 Å². The maximum absolute atomic E-state index is 9.72. The van der Waals surface area contributed by atoms with E-state index in [1.807, 2.05) is 0 Å². The molecule has 1 atom stereocenters. The zero-order chi connectivity index (χ0) is 14.5. The summed E-state index contributed by atoms with van der Waals surface area (Å²) < 4.78 is 10.2. The smallest absolute Gasteiger partial charge is 0.124 e. The van der Waals surface area contributed by atoms with Crippen molar-refractivity contribution in [2.24, 2.45) is 0 Å². The lowest BCUT2D eigenvalue weighted by molar-refractivity contribution is 0.0352. The number of hydrogen-bond donors (Lipinski definition) is 2. The molecule has 116 valence electrons. The van der Waals surface area contributed by atoms with E-state index in [2.05, 4.69) is 17.4 Å². The predicted octanol–water partition coefficient (Wildman–Crippen LogP) is 2.50. The molecule has 0 bridgehead atoms. The Morgan fingerprint density at radius 3 is 2.85 bits per heavy atom. The highest BCUT2D eigenvalue weighted by atomic mass is 16.5. The summed E-state index contributed by atoms with van der Waals surface area (Å²) in [5.74, 6) is 0. The van der Waals surface area contributed by atoms with Crippen LogP contribution in [-0.2, 0) is 11.3 Å². The molecule has 5 heteroatoms. The van der Waals surface area contributed by atoms with Crippen LogP contribution in [-0.4, -0.2) is 36.1 Å². The monoisotopic (exact) mass is 284 g/mol. The molecule has 1 heterocycles. The Kier molecular flexibility index (Phi) is 10.2. The summed E-state index contributed by atoms with van der Waals surface area (Å²) in [6.07, 6.45) is 8.60. The number of aliphatic hydroxyl groups excluding tert-OH is 1. The zero-order valence-electron chi connectivity index (χ0n) is 12.5. The molecule has 0 fully saturated rings. The molecule has 5 nitrogen and oxygen atoms in total. The number of ether oxygens (including phenoxy) is 1. The van der Waals surface area contributed by atoms with E-state index in [4.69, 9.17) is 9.26 Å². The van der Waals surface area contributed by atoms with Gasteiger partial charge in [0.05, 0.1) is 18.4 Å². The van der Waals surface area contributed by atoms with Crippen molar-refractivity contribution in [3.05, 3.63) is 18.0 Å². The van der Waals surface area contributed by atoms with Crippen LogP contribution in [0.5, 0.6) is 0 Å². The third-order valence-electron chi connectivity index (χ3n) is 3.13. The minimum Gasteiger partial charge on any atom is -0.389 e. The van der Waals surface area contributed by atoms with E-state index in [0.717, 1.165) is 18.7 Å². The van der Waals surface area contributed by atoms with Gasteiger partial charge in [0.25, 0.3) is 0 Å². The molecule has 1 aromatic heterocycles. The normalized spacial score (nSPS) is 12.7. The average molecular weight is 284 g/mol. The van der Waals surface area contributed by atoms with Crippen molar-refractivity contribution in [2.75, 3.05) is 19.8 Å². The quantitative estimate of drug-likeness (QED) is 0.545. The number of rotatable bonds is 13. The van der Waals surface area contributed by atoms with Gasteiger partial charge in [0.2, 0.25) is 0 Å². The van der Waals surface area contributed by atoms with Gasteiger partial charge in [0, 0.05) is 25.8 Å². The van der Waals surface area contributed by atoms with Crippen molar-refractivity contribution < 1.29 is 14.4 Å². The van der Waals surface area contributed by atoms with Crippen molar-refractivity contribution in [3.63, 3.8) is 0 Å². The number of aliphatic hydroxyl groups is 1. The Bertz CT molecular complexity index is 304. The predicted molar refractivity (Wildman–Crippen MR) is 78.4 cm³/mol. The van der Waals surface area contributed by atoms with Gasteiger partial charge in [0.1, 0.15) is 6.26 Å². The summed E-state index contributed by atoms with van der Waals surface area (Å²) in [7, 11) is 0. The van der Waals surface area contributed by atoms with E-state index in [1.165, 1.54) is 38.4 Å². The minimum absolute atomic E-state index is 0.390. The van der Waals surface area contributed by atoms with E-state index >= 15 is 0 Å². The topological polar surface area (TPSA) is 67.5 Å². The fourth-order valence-electron chi connectivity index (χ4n) is 1.96. The third-order valence-corrected chi connectivity index (χ3v) is 3.13. The molecule has 0 aromatic carbocycles. The Labute approximate surface area is 121 Å². The Morgan fingerprint density at radius 1 is 1.30 bits per heavy atom. The summed E-state index contributed by atoms with van der Waals surface area (Å²) in [5, 5.41) is 16.6. The molecule has 1 rings (SSSR count). The van der Waals surface area contributed by atoms with Gasteiger partial charge in [-0.3, -0.25) is 0 Å². The largest absolute Gasteiger partial charge is 0.389 e. The van der Waals surface area contributed by atoms with Crippen molar-refractivity contribution in [2.45, 2.75) is 58.1 Å². The fraction of sp³-hybridized carbons (Fsp3) is 0.800. The summed E-state index contributed by atoms with van der Waals surface area (Å²) in [5.41, 5.74) is 0.838. The van der Waals surface area contributed by atoms with Gasteiger partial charge in [-0.15, -0.1) is 0 Å². The minimum atomic E-state index is -0.470. The number of nitrogens with one attached hydrogen (secondary N) is 1. The summed E-state index contributed by atoms with van der Waals surface area (Å²) in [6.45, 7) is 4.46. The van der Waals surface area contributed by atoms with Gasteiger partial charge in [-0.2, -0.15) is 0 Å². The van der Waals surface area contributed by atoms with Gasteiger partial charge < -0.3 is 19.7 Å². The summed E-state index contributed by atoms with van der Waals surface area (Å²) >= 11 is 0. The highest BCUT2D eigenvalue weighted by Gasteiger charge is 2.04. The first-order valence-electron chi connectivity index (χ1n) is 7.68. The molecule has 20 heavy (non-hydrogen) atoms. The lowest BCUT2D eigenvalue weighted by Crippen LogP contribution is -2.30. The van der Waals surface area contributed by atoms with Crippen LogP contribution < -0.4 is 5.32 Å². The highest BCUT2D eigenvalue weighted by molar-refractivity contribution is 4.94. The summed E-state index contributed by atoms with van der Waals surface area (Å²) in [4.78, 5) is 0. The maximum Gasteiger partial charge on any atom is 0.124 e. The van der Waals surface area contributed by atoms with Gasteiger partial charge in [-0.25, -0.2) is 0 Å². The average Bonchev–Trinajstić information content (AvgIpc) is 2.95. The number of aromatic nitrogens is 1. The van der Waals surface area contributed by atoms with Crippen molar-refractivity contribution in [3.8, 4) is 0 Å². The van der Waals surface area contributed by atoms with Crippen molar-refractivity contribution in [1.29, 1.82) is 0 Å².